The standard InChI is InChI=1S/C20H21N5O2/c1-14-22-17-4-3-16(13-18(17)23-14)20(27)25-10-2-9-24(11-12-25)19(26)15-5-7-21-8-6-15/h3-8,13H,2,9-12H2,1H3,(H,22,23). The van der Waals surface area contributed by atoms with Gasteiger partial charge in [-0.15, -0.1) is 0 Å². The molecule has 0 aliphatic carbocycles. The molecule has 4 rings (SSSR count). The fourth-order valence-electron chi connectivity index (χ4n) is 3.45. The third-order valence-electron chi connectivity index (χ3n) is 4.84. The molecule has 1 N–H and O–H groups in total. The summed E-state index contributed by atoms with van der Waals surface area (Å²) in [5, 5.41) is 0. The van der Waals surface area contributed by atoms with Crippen molar-refractivity contribution in [3.8, 4) is 0 Å². The highest BCUT2D eigenvalue weighted by molar-refractivity contribution is 5.97. The third-order valence-corrected chi connectivity index (χ3v) is 4.84. The molecule has 3 heterocycles. The van der Waals surface area contributed by atoms with Crippen LogP contribution in [-0.4, -0.2) is 62.7 Å². The van der Waals surface area contributed by atoms with Crippen molar-refractivity contribution in [2.75, 3.05) is 26.2 Å². The molecule has 0 unspecified atom stereocenters. The first-order chi connectivity index (χ1) is 13.1. The number of nitrogens with one attached hydrogen (secondary N) is 1. The number of fused-ring (bicyclic) bond motifs is 1. The van der Waals surface area contributed by atoms with Crippen LogP contribution in [0.2, 0.25) is 0 Å². The zero-order valence-electron chi connectivity index (χ0n) is 15.2. The van der Waals surface area contributed by atoms with Gasteiger partial charge >= 0.3 is 0 Å². The van der Waals surface area contributed by atoms with Gasteiger partial charge in [-0.25, -0.2) is 4.98 Å². The summed E-state index contributed by atoms with van der Waals surface area (Å²) in [6.45, 7) is 4.22. The molecule has 3 aromatic rings. The molecule has 7 heteroatoms. The van der Waals surface area contributed by atoms with E-state index in [2.05, 4.69) is 15.0 Å². The lowest BCUT2D eigenvalue weighted by Gasteiger charge is -2.22. The van der Waals surface area contributed by atoms with Gasteiger partial charge in [0.05, 0.1) is 11.0 Å². The van der Waals surface area contributed by atoms with Crippen LogP contribution in [0, 0.1) is 6.92 Å². The normalized spacial score (nSPS) is 15.0. The van der Waals surface area contributed by atoms with Crippen LogP contribution in [0.25, 0.3) is 11.0 Å². The van der Waals surface area contributed by atoms with E-state index in [9.17, 15) is 9.59 Å². The zero-order chi connectivity index (χ0) is 18.8. The highest BCUT2D eigenvalue weighted by atomic mass is 16.2. The van der Waals surface area contributed by atoms with Crippen molar-refractivity contribution in [3.63, 3.8) is 0 Å². The van der Waals surface area contributed by atoms with Crippen LogP contribution in [0.15, 0.2) is 42.7 Å². The quantitative estimate of drug-likeness (QED) is 0.757. The first-order valence-electron chi connectivity index (χ1n) is 9.07. The Morgan fingerprint density at radius 1 is 0.926 bits per heavy atom. The summed E-state index contributed by atoms with van der Waals surface area (Å²) in [6, 6.07) is 8.97. The molecular formula is C20H21N5O2. The van der Waals surface area contributed by atoms with Crippen molar-refractivity contribution in [1.82, 2.24) is 24.8 Å². The molecule has 0 bridgehead atoms. The Labute approximate surface area is 157 Å². The molecule has 138 valence electrons. The summed E-state index contributed by atoms with van der Waals surface area (Å²) >= 11 is 0. The number of carbonyl (C=O) groups excluding carboxylic acids is 2. The average molecular weight is 363 g/mol. The van der Waals surface area contributed by atoms with Crippen LogP contribution in [0.1, 0.15) is 33.0 Å². The molecule has 0 radical (unpaired) electrons. The largest absolute Gasteiger partial charge is 0.342 e. The van der Waals surface area contributed by atoms with Gasteiger partial charge in [0, 0.05) is 49.7 Å². The second-order valence-corrected chi connectivity index (χ2v) is 6.73. The van der Waals surface area contributed by atoms with E-state index in [1.807, 2.05) is 34.9 Å². The lowest BCUT2D eigenvalue weighted by molar-refractivity contribution is 0.0719. The molecule has 1 aliphatic heterocycles. The summed E-state index contributed by atoms with van der Waals surface area (Å²) in [7, 11) is 0. The average Bonchev–Trinajstić information content (AvgIpc) is 2.90. The summed E-state index contributed by atoms with van der Waals surface area (Å²) in [4.78, 5) is 40.7. The molecule has 1 aliphatic rings. The predicted octanol–water partition coefficient (Wildman–Crippen LogP) is 2.25. The summed E-state index contributed by atoms with van der Waals surface area (Å²) in [5.74, 6) is 0.804. The number of aromatic nitrogens is 3. The van der Waals surface area contributed by atoms with Gasteiger partial charge in [-0.05, 0) is 43.7 Å². The number of H-pyrrole nitrogens is 1. The van der Waals surface area contributed by atoms with Crippen LogP contribution in [0.4, 0.5) is 0 Å². The van der Waals surface area contributed by atoms with Crippen molar-refractivity contribution in [2.24, 2.45) is 0 Å². The molecule has 0 atom stereocenters. The molecule has 1 aromatic carbocycles. The third kappa shape index (κ3) is 3.53. The van der Waals surface area contributed by atoms with E-state index < -0.39 is 0 Å². The maximum absolute atomic E-state index is 12.9. The molecular weight excluding hydrogens is 342 g/mol. The molecule has 0 saturated carbocycles. The fourth-order valence-corrected chi connectivity index (χ4v) is 3.45. The Morgan fingerprint density at radius 3 is 2.30 bits per heavy atom. The fraction of sp³-hybridized carbons (Fsp3) is 0.300. The van der Waals surface area contributed by atoms with Crippen LogP contribution < -0.4 is 0 Å². The Bertz CT molecular complexity index is 982. The van der Waals surface area contributed by atoms with Gasteiger partial charge in [-0.3, -0.25) is 14.6 Å². The van der Waals surface area contributed by atoms with Crippen LogP contribution in [0.5, 0.6) is 0 Å². The monoisotopic (exact) mass is 363 g/mol. The van der Waals surface area contributed by atoms with E-state index in [0.717, 1.165) is 23.3 Å². The van der Waals surface area contributed by atoms with Crippen molar-refractivity contribution in [1.29, 1.82) is 0 Å². The molecule has 0 spiro atoms. The number of rotatable bonds is 2. The van der Waals surface area contributed by atoms with E-state index in [4.69, 9.17) is 0 Å². The summed E-state index contributed by atoms with van der Waals surface area (Å²) in [6.07, 6.45) is 4.00. The number of carbonyl (C=O) groups is 2. The highest BCUT2D eigenvalue weighted by Gasteiger charge is 2.23. The molecule has 1 fully saturated rings. The lowest BCUT2D eigenvalue weighted by atomic mass is 10.1. The Morgan fingerprint density at radius 2 is 1.59 bits per heavy atom. The number of hydrogen-bond acceptors (Lipinski definition) is 4. The van der Waals surface area contributed by atoms with Crippen LogP contribution >= 0.6 is 0 Å². The Hall–Kier alpha value is -3.22. The molecule has 7 nitrogen and oxygen atoms in total. The minimum Gasteiger partial charge on any atom is -0.342 e. The summed E-state index contributed by atoms with van der Waals surface area (Å²) in [5.41, 5.74) is 2.99. The SMILES string of the molecule is Cc1nc2ccc(C(=O)N3CCCN(C(=O)c4ccncc4)CC3)cc2[nH]1. The summed E-state index contributed by atoms with van der Waals surface area (Å²) < 4.78 is 0. The number of nitrogens with zero attached hydrogens (tertiary/aromatic N) is 4. The number of aryl methyl sites for hydroxylation is 1. The number of amides is 2. The van der Waals surface area contributed by atoms with Gasteiger partial charge in [0.2, 0.25) is 0 Å². The van der Waals surface area contributed by atoms with Crippen molar-refractivity contribution in [2.45, 2.75) is 13.3 Å². The van der Waals surface area contributed by atoms with E-state index >= 15 is 0 Å². The lowest BCUT2D eigenvalue weighted by Crippen LogP contribution is -2.37. The number of aromatic amines is 1. The first kappa shape index (κ1) is 17.2. The minimum atomic E-state index is -0.0129. The first-order valence-corrected chi connectivity index (χ1v) is 9.07. The molecule has 27 heavy (non-hydrogen) atoms. The number of hydrogen-bond donors (Lipinski definition) is 1. The van der Waals surface area contributed by atoms with Crippen LogP contribution in [-0.2, 0) is 0 Å². The van der Waals surface area contributed by atoms with Crippen molar-refractivity contribution in [3.05, 3.63) is 59.7 Å². The molecule has 1 saturated heterocycles. The molecule has 2 amide bonds. The van der Waals surface area contributed by atoms with E-state index in [0.29, 0.717) is 37.3 Å². The van der Waals surface area contributed by atoms with Gasteiger partial charge in [-0.2, -0.15) is 0 Å². The van der Waals surface area contributed by atoms with Gasteiger partial charge in [0.25, 0.3) is 11.8 Å². The zero-order valence-corrected chi connectivity index (χ0v) is 15.2. The Kier molecular flexibility index (Phi) is 4.58. The molecule has 2 aromatic heterocycles. The number of benzene rings is 1. The second kappa shape index (κ2) is 7.19. The number of pyridine rings is 1. The highest BCUT2D eigenvalue weighted by Crippen LogP contribution is 2.17. The number of imidazole rings is 1. The van der Waals surface area contributed by atoms with Gasteiger partial charge in [0.1, 0.15) is 5.82 Å². The minimum absolute atomic E-state index is 0.0117. The van der Waals surface area contributed by atoms with Crippen LogP contribution in [0.3, 0.4) is 0 Å². The topological polar surface area (TPSA) is 82.2 Å². The van der Waals surface area contributed by atoms with E-state index in [1.165, 1.54) is 0 Å². The Balaban J connectivity index is 1.47. The van der Waals surface area contributed by atoms with Gasteiger partial charge in [0.15, 0.2) is 0 Å². The maximum atomic E-state index is 12.9. The van der Waals surface area contributed by atoms with Crippen molar-refractivity contribution >= 4 is 22.8 Å². The predicted molar refractivity (Wildman–Crippen MR) is 101 cm³/mol. The van der Waals surface area contributed by atoms with Gasteiger partial charge in [-0.1, -0.05) is 0 Å². The van der Waals surface area contributed by atoms with Gasteiger partial charge < -0.3 is 14.8 Å². The second-order valence-electron chi connectivity index (χ2n) is 6.73. The smallest absolute Gasteiger partial charge is 0.254 e. The van der Waals surface area contributed by atoms with E-state index in [1.54, 1.807) is 24.5 Å². The maximum Gasteiger partial charge on any atom is 0.254 e. The van der Waals surface area contributed by atoms with Crippen molar-refractivity contribution < 1.29 is 9.59 Å². The van der Waals surface area contributed by atoms with E-state index in [-0.39, 0.29) is 11.8 Å².